The molecule has 16 aliphatic rings. The number of nitrogens with zero attached hydrogens (tertiary/aromatic N) is 6. The van der Waals surface area contributed by atoms with E-state index in [4.69, 9.17) is 96.5 Å². The molecule has 19 rings (SSSR count). The summed E-state index contributed by atoms with van der Waals surface area (Å²) in [5, 5.41) is 17.3. The van der Waals surface area contributed by atoms with Gasteiger partial charge in [0.2, 0.25) is 0 Å². The van der Waals surface area contributed by atoms with Gasteiger partial charge in [-0.15, -0.1) is 9.32 Å². The quantitative estimate of drug-likeness (QED) is 0.00697. The predicted octanol–water partition coefficient (Wildman–Crippen LogP) is 11.5. The van der Waals surface area contributed by atoms with Crippen LogP contribution in [0.15, 0.2) is 49.2 Å². The number of halogens is 2. The summed E-state index contributed by atoms with van der Waals surface area (Å²) in [4.78, 5) is 108. The molecule has 8 aliphatic heterocycles. The van der Waals surface area contributed by atoms with Crippen molar-refractivity contribution in [3.05, 3.63) is 73.7 Å². The molecular weight excluding hydrogens is 1990 g/mol. The zero-order valence-electron chi connectivity index (χ0n) is 86.8. The fourth-order valence-corrected chi connectivity index (χ4v) is 19.3. The van der Waals surface area contributed by atoms with E-state index in [-0.39, 0.29) is 111 Å². The number of aldehydes is 2. The van der Waals surface area contributed by atoms with Crippen molar-refractivity contribution < 1.29 is 159 Å². The Morgan fingerprint density at radius 3 is 1.13 bits per heavy atom. The van der Waals surface area contributed by atoms with Crippen molar-refractivity contribution >= 4 is 103 Å². The molecule has 4 N–H and O–H groups in total. The number of aliphatic hydroxyl groups is 2. The molecule has 0 amide bonds. The maximum Gasteiger partial charge on any atom is 2.00 e. The van der Waals surface area contributed by atoms with Gasteiger partial charge >= 0.3 is 41.0 Å². The topological polar surface area (TPSA) is 468 Å². The summed E-state index contributed by atoms with van der Waals surface area (Å²) < 4.78 is 118. The molecule has 39 nitrogen and oxygen atoms in total. The molecule has 0 atom stereocenters. The summed E-state index contributed by atoms with van der Waals surface area (Å²) >= 11 is 1.07. The molecule has 146 heavy (non-hydrogen) atoms. The molecule has 0 bridgehead atoms. The van der Waals surface area contributed by atoms with Gasteiger partial charge in [0.15, 0.2) is 47.0 Å². The minimum atomic E-state index is -3.44. The van der Waals surface area contributed by atoms with Crippen LogP contribution in [-0.4, -0.2) is 331 Å². The maximum absolute atomic E-state index is 11.2. The molecule has 0 aromatic carbocycles. The summed E-state index contributed by atoms with van der Waals surface area (Å²) in [6.07, 6.45) is 54.1. The number of carbonyl (C=O) groups is 8. The Kier molecular flexibility index (Phi) is 71.8. The molecule has 0 radical (unpaired) electrons. The van der Waals surface area contributed by atoms with E-state index in [0.29, 0.717) is 125 Å². The molecule has 3 aromatic rings. The summed E-state index contributed by atoms with van der Waals surface area (Å²) in [6, 6.07) is 0. The summed E-state index contributed by atoms with van der Waals surface area (Å²) in [7, 11) is 12.6. The van der Waals surface area contributed by atoms with Gasteiger partial charge in [0, 0.05) is 243 Å². The average molecular weight is 2170 g/mol. The van der Waals surface area contributed by atoms with Crippen LogP contribution in [-0.2, 0) is 157 Å². The zero-order chi connectivity index (χ0) is 102. The normalized spacial score (nSPS) is 23.2. The van der Waals surface area contributed by atoms with E-state index in [1.165, 1.54) is 90.4 Å². The SMILES string of the molecule is C.C.C1CCOC1.C1CCOC1.CN(C)OOSn1cnc(CC2CCC(=O)CC2)c1.CN(C)S(=O)(=O)Cl.CO.COC(=O)C=C1CCC2(CC1)OCCO2.COC(=O)CC1CCC2(CC1)OCCO2.COC(=O)CC=O.O=C1CCC(Cc2cnc[nH]2)CC1.O=C1CCC2(CC1)OCCO2.O=CCC1CCC2(CC1)OCCO2.OCCC1CCC2(CC1)OCCO2.[CH3-].[Cl-].[Mg+2].c1ncc(CC2CCC3(CC2)OCCO3)[nH]1. The largest absolute Gasteiger partial charge is 2.00 e. The number of ether oxygens (including phenoxy) is 17. The van der Waals surface area contributed by atoms with Crippen molar-refractivity contribution in [3.8, 4) is 0 Å². The van der Waals surface area contributed by atoms with E-state index >= 15 is 0 Å². The third-order valence-corrected chi connectivity index (χ3v) is 29.4. The van der Waals surface area contributed by atoms with Gasteiger partial charge in [-0.05, 0) is 177 Å². The summed E-state index contributed by atoms with van der Waals surface area (Å²) in [5.41, 5.74) is 4.60. The van der Waals surface area contributed by atoms with Crippen LogP contribution in [0.3, 0.4) is 0 Å². The fourth-order valence-electron chi connectivity index (χ4n) is 18.9. The zero-order valence-corrected chi connectivity index (χ0v) is 91.3. The van der Waals surface area contributed by atoms with Gasteiger partial charge in [0.1, 0.15) is 42.7 Å². The number of imidazole rings is 3. The van der Waals surface area contributed by atoms with Crippen molar-refractivity contribution in [1.82, 2.24) is 38.3 Å². The van der Waals surface area contributed by atoms with Crippen molar-refractivity contribution in [2.24, 2.45) is 35.5 Å². The first-order valence-corrected chi connectivity index (χ1v) is 53.5. The van der Waals surface area contributed by atoms with Gasteiger partial charge in [-0.1, -0.05) is 20.4 Å². The minimum absolute atomic E-state index is 0. The number of methoxy groups -OCH3 is 3. The number of aliphatic hydroxyl groups excluding tert-OH is 2. The van der Waals surface area contributed by atoms with Gasteiger partial charge in [0.05, 0.1) is 119 Å². The van der Waals surface area contributed by atoms with E-state index < -0.39 is 15.2 Å². The van der Waals surface area contributed by atoms with Crippen LogP contribution >= 0.6 is 22.9 Å². The van der Waals surface area contributed by atoms with Crippen molar-refractivity contribution in [2.75, 3.05) is 169 Å². The molecule has 8 saturated heterocycles. The van der Waals surface area contributed by atoms with E-state index in [1.54, 1.807) is 43.1 Å². The van der Waals surface area contributed by atoms with E-state index in [0.717, 1.165) is 319 Å². The molecule has 8 saturated carbocycles. The second kappa shape index (κ2) is 76.5. The number of allylic oxidation sites excluding steroid dienone is 1. The van der Waals surface area contributed by atoms with Gasteiger partial charge in [-0.2, -0.15) is 17.8 Å². The number of Topliss-reactive ketones (excluding diaryl/α,β-unsaturated/α-hetero) is 3. The van der Waals surface area contributed by atoms with E-state index in [9.17, 15) is 46.8 Å². The second-order valence-corrected chi connectivity index (χ2v) is 41.2. The third kappa shape index (κ3) is 54.2. The maximum atomic E-state index is 11.2. The molecule has 836 valence electrons. The number of ketones is 3. The van der Waals surface area contributed by atoms with Gasteiger partial charge in [-0.3, -0.25) is 27.9 Å². The first kappa shape index (κ1) is 137. The number of carbonyl (C=O) groups excluding carboxylic acids is 8. The third-order valence-electron chi connectivity index (χ3n) is 27.2. The number of hydrogen-bond donors (Lipinski definition) is 4. The Morgan fingerprint density at radius 1 is 0.486 bits per heavy atom. The van der Waals surface area contributed by atoms with Crippen molar-refractivity contribution in [2.45, 2.75) is 326 Å². The van der Waals surface area contributed by atoms with Crippen molar-refractivity contribution in [3.63, 3.8) is 0 Å². The van der Waals surface area contributed by atoms with Gasteiger partial charge in [-0.25, -0.2) is 19.7 Å². The van der Waals surface area contributed by atoms with Gasteiger partial charge in [0.25, 0.3) is 9.24 Å². The Labute approximate surface area is 898 Å². The number of rotatable bonds is 20. The Hall–Kier alpha value is -5.02. The fraction of sp³-hybridized carbons (Fsp3) is 0.804. The van der Waals surface area contributed by atoms with Crippen molar-refractivity contribution in [1.29, 1.82) is 0 Å². The van der Waals surface area contributed by atoms with Gasteiger partial charge < -0.3 is 130 Å². The number of hydrogen-bond acceptors (Lipinski definition) is 36. The monoisotopic (exact) mass is 2170 g/mol. The summed E-state index contributed by atoms with van der Waals surface area (Å²) in [6.45, 7) is 13.0. The number of aromatic nitrogens is 6. The standard InChI is InChI=1S/C12H19N3O3S.C12H18N2O2.C11H18O4.C11H16O4.C10H14N2O.C10H18O3.C10H16O3.C8H12O3.C4H6O3.2C4H8O.C2H6ClNO2S.CH4O.2CH4.CH3.ClH.Mg/c1-14(2)17-18-19-15-8-11(13-9-15)7-10-3-5-12(16)6-4-10;1-3-12(15-5-6-16-12)4-2-10(1)7-11-8-13-9-14-11;2*1-13-10(12)8-9-2-4-11(5-3-9)14-6-7-15-11;13-10-3-1-8(2-4-10)5-9-6-11-7-12-9;2*11-6-3-9-1-4-10(5-2-9)12-7-8-13-10;9-7-1-3-8(4-2-7)10-5-6-11-8;1-7-4(6)2-3-5;2*1-2-4-5-3-1;1-4(2)7(3,5)6;1-2;;;;;/h8-10H,3-7H2,1-2H3;8-10H,1-7H2,(H,13,14);9H,2-8H2,1H3;8H,2-7H2,1H3;6-8H,1-5H2,(H,11,12);9,11H,1-8H2;6,9H,1-5,7-8H2;1-6H2;3H,2H2,1H3;2*1-4H2;1-2H3;2H,1H3;2*1H4;1H3;1H;/q;;;;;;;;;;;;;;;-1;;+2/p-1. The predicted molar refractivity (Wildman–Crippen MR) is 545 cm³/mol. The molecule has 16 fully saturated rings. The molecule has 6 spiro atoms. The number of esters is 3. The van der Waals surface area contributed by atoms with Crippen LogP contribution in [0.5, 0.6) is 0 Å². The van der Waals surface area contributed by atoms with E-state index in [1.807, 2.05) is 18.6 Å². The Morgan fingerprint density at radius 2 is 0.822 bits per heavy atom. The molecule has 0 unspecified atom stereocenters. The number of nitrogens with one attached hydrogen (secondary N) is 2. The number of H-pyrrole nitrogens is 2. The average Bonchev–Trinajstić information content (AvgIpc) is 1.66. The number of hydroxylamine groups is 2. The first-order chi connectivity index (χ1) is 68.1. The van der Waals surface area contributed by atoms with Crippen LogP contribution in [0.1, 0.15) is 289 Å². The van der Waals surface area contributed by atoms with Crippen LogP contribution in [0, 0.1) is 42.9 Å². The van der Waals surface area contributed by atoms with Crippen LogP contribution in [0.2, 0.25) is 0 Å². The summed E-state index contributed by atoms with van der Waals surface area (Å²) in [5.74, 6) is 2.25. The van der Waals surface area contributed by atoms with Crippen LogP contribution in [0.25, 0.3) is 0 Å². The Balaban J connectivity index is 0.000000543. The Bertz CT molecular complexity index is 4000. The van der Waals surface area contributed by atoms with E-state index in [2.05, 4.69) is 39.1 Å². The first-order valence-electron chi connectivity index (χ1n) is 50.6. The second-order valence-electron chi connectivity index (χ2n) is 37.8. The molecule has 8 aliphatic carbocycles. The van der Waals surface area contributed by atoms with Crippen LogP contribution in [0.4, 0.5) is 0 Å². The molecule has 44 heteroatoms. The molecule has 11 heterocycles. The molecular formula is C102H174Cl2MgN8O31S2. The minimum Gasteiger partial charge on any atom is -1.00 e. The van der Waals surface area contributed by atoms with Crippen LogP contribution < -0.4 is 12.4 Å². The number of aromatic amines is 2. The smallest absolute Gasteiger partial charge is 1.00 e. The molecule has 3 aromatic heterocycles.